The highest BCUT2D eigenvalue weighted by Crippen LogP contribution is 2.45. The average Bonchev–Trinajstić information content (AvgIpc) is 3.19. The molecular formula is C48H38N2Si. The van der Waals surface area contributed by atoms with Gasteiger partial charge in [-0.2, -0.15) is 0 Å². The van der Waals surface area contributed by atoms with Crippen molar-refractivity contribution in [2.45, 2.75) is 13.1 Å². The summed E-state index contributed by atoms with van der Waals surface area (Å²) in [5.74, 6) is 0. The van der Waals surface area contributed by atoms with Crippen LogP contribution >= 0.6 is 0 Å². The number of hydrogen-bond acceptors (Lipinski definition) is 2. The van der Waals surface area contributed by atoms with Crippen LogP contribution in [-0.4, -0.2) is 8.07 Å². The van der Waals surface area contributed by atoms with Gasteiger partial charge in [0.05, 0.1) is 11.4 Å². The van der Waals surface area contributed by atoms with Gasteiger partial charge < -0.3 is 9.80 Å². The largest absolute Gasteiger partial charge is 0.310 e. The molecule has 0 N–H and O–H groups in total. The lowest BCUT2D eigenvalue weighted by Crippen LogP contribution is -2.56. The van der Waals surface area contributed by atoms with Crippen molar-refractivity contribution in [1.82, 2.24) is 0 Å². The van der Waals surface area contributed by atoms with Gasteiger partial charge in [0.1, 0.15) is 8.07 Å². The van der Waals surface area contributed by atoms with Gasteiger partial charge in [-0.25, -0.2) is 0 Å². The maximum absolute atomic E-state index is 2.52. The normalized spacial score (nSPS) is 12.7. The smallest absolute Gasteiger partial charge is 0.113 e. The van der Waals surface area contributed by atoms with E-state index < -0.39 is 8.07 Å². The van der Waals surface area contributed by atoms with Crippen LogP contribution in [0.3, 0.4) is 0 Å². The molecule has 8 aromatic carbocycles. The first kappa shape index (κ1) is 30.9. The van der Waals surface area contributed by atoms with Gasteiger partial charge in [-0.15, -0.1) is 0 Å². The number of rotatable bonds is 7. The molecule has 3 heteroatoms. The van der Waals surface area contributed by atoms with E-state index in [-0.39, 0.29) is 0 Å². The molecule has 0 fully saturated rings. The number of hydrogen-bond donors (Lipinski definition) is 0. The van der Waals surface area contributed by atoms with Gasteiger partial charge in [-0.3, -0.25) is 0 Å². The van der Waals surface area contributed by atoms with Crippen molar-refractivity contribution < 1.29 is 0 Å². The predicted octanol–water partition coefficient (Wildman–Crippen LogP) is 12.2. The highest BCUT2D eigenvalue weighted by molar-refractivity contribution is 7.03. The van der Waals surface area contributed by atoms with Gasteiger partial charge in [0, 0.05) is 33.7 Å². The molecule has 244 valence electrons. The molecule has 2 nitrogen and oxygen atoms in total. The molecule has 0 spiro atoms. The third-order valence-corrected chi connectivity index (χ3v) is 14.0. The average molecular weight is 671 g/mol. The summed E-state index contributed by atoms with van der Waals surface area (Å²) in [5, 5.41) is 5.63. The molecule has 0 radical (unpaired) electrons. The highest BCUT2D eigenvalue weighted by atomic mass is 28.3. The molecule has 0 saturated heterocycles. The van der Waals surface area contributed by atoms with Gasteiger partial charge in [-0.05, 0) is 93.1 Å². The fourth-order valence-corrected chi connectivity index (χ4v) is 11.1. The van der Waals surface area contributed by atoms with Crippen LogP contribution in [0.4, 0.5) is 34.1 Å². The summed E-state index contributed by atoms with van der Waals surface area (Å²) in [6, 6.07) is 70.6. The third kappa shape index (κ3) is 5.25. The summed E-state index contributed by atoms with van der Waals surface area (Å²) in [7, 11) is -2.18. The monoisotopic (exact) mass is 670 g/mol. The van der Waals surface area contributed by atoms with Gasteiger partial charge in [-0.1, -0.05) is 147 Å². The zero-order valence-electron chi connectivity index (χ0n) is 28.9. The Hall–Kier alpha value is -6.16. The second-order valence-electron chi connectivity index (χ2n) is 13.8. The van der Waals surface area contributed by atoms with Crippen LogP contribution in [0.2, 0.25) is 13.1 Å². The van der Waals surface area contributed by atoms with E-state index in [0.29, 0.717) is 0 Å². The van der Waals surface area contributed by atoms with Crippen molar-refractivity contribution in [3.63, 3.8) is 0 Å². The van der Waals surface area contributed by atoms with Crippen molar-refractivity contribution in [1.29, 1.82) is 0 Å². The van der Waals surface area contributed by atoms with Crippen molar-refractivity contribution in [2.24, 2.45) is 0 Å². The van der Waals surface area contributed by atoms with Gasteiger partial charge >= 0.3 is 0 Å². The van der Waals surface area contributed by atoms with Gasteiger partial charge in [0.15, 0.2) is 0 Å². The molecule has 1 aliphatic heterocycles. The Labute approximate surface area is 301 Å². The van der Waals surface area contributed by atoms with Crippen molar-refractivity contribution in [2.75, 3.05) is 9.80 Å². The minimum atomic E-state index is -2.18. The first-order valence-corrected chi connectivity index (χ1v) is 20.7. The van der Waals surface area contributed by atoms with E-state index in [1.165, 1.54) is 60.5 Å². The second-order valence-corrected chi connectivity index (χ2v) is 18.1. The summed E-state index contributed by atoms with van der Waals surface area (Å²) in [6.07, 6.45) is 0. The van der Waals surface area contributed by atoms with E-state index in [2.05, 4.69) is 217 Å². The van der Waals surface area contributed by atoms with Crippen LogP contribution in [0.1, 0.15) is 0 Å². The number of fused-ring (bicyclic) bond motifs is 2. The maximum atomic E-state index is 2.52. The Balaban J connectivity index is 1.24. The van der Waals surface area contributed by atoms with Crippen molar-refractivity contribution in [3.05, 3.63) is 194 Å². The molecule has 1 aliphatic rings. The Morgan fingerprint density at radius 2 is 0.882 bits per heavy atom. The zero-order valence-corrected chi connectivity index (χ0v) is 29.9. The SMILES string of the molecule is C[Si]1(C)c2cc(N(c3ccccc3)c3ccccc3-c3ccccc3)ccc2-c2ccc(N(c3ccccc3)c3ccccc3)c3cccc1c23. The number of para-hydroxylation sites is 4. The number of anilines is 6. The number of nitrogens with zero attached hydrogens (tertiary/aromatic N) is 2. The zero-order chi connectivity index (χ0) is 34.4. The Kier molecular flexibility index (Phi) is 7.64. The first-order valence-electron chi connectivity index (χ1n) is 17.7. The van der Waals surface area contributed by atoms with Crippen LogP contribution in [0, 0.1) is 0 Å². The Bertz CT molecular complexity index is 2450. The Morgan fingerprint density at radius 1 is 0.353 bits per heavy atom. The topological polar surface area (TPSA) is 6.48 Å². The van der Waals surface area contributed by atoms with Crippen LogP contribution < -0.4 is 20.2 Å². The van der Waals surface area contributed by atoms with E-state index in [9.17, 15) is 0 Å². The minimum Gasteiger partial charge on any atom is -0.310 e. The number of benzene rings is 8. The maximum Gasteiger partial charge on any atom is 0.113 e. The second kappa shape index (κ2) is 12.6. The Morgan fingerprint density at radius 3 is 1.51 bits per heavy atom. The molecule has 1 heterocycles. The minimum absolute atomic E-state index is 1.14. The van der Waals surface area contributed by atoms with Gasteiger partial charge in [0.2, 0.25) is 0 Å². The van der Waals surface area contributed by atoms with E-state index in [1.807, 2.05) is 0 Å². The van der Waals surface area contributed by atoms with Crippen LogP contribution in [0.15, 0.2) is 194 Å². The lowest BCUT2D eigenvalue weighted by molar-refractivity contribution is 1.28. The molecule has 9 rings (SSSR count). The standard InChI is InChI=1S/C48H38N2Si/c1-51(2)46-29-17-27-43-45(49(36-20-9-4-10-21-36)37-22-11-5-12-23-37)33-32-42(48(43)46)41-31-30-39(34-47(41)51)50(38-24-13-6-14-25-38)44-28-16-15-26-40(44)35-18-7-3-8-19-35/h3-34H,1-2H3. The van der Waals surface area contributed by atoms with E-state index in [4.69, 9.17) is 0 Å². The first-order chi connectivity index (χ1) is 25.1. The van der Waals surface area contributed by atoms with Crippen molar-refractivity contribution in [3.8, 4) is 22.3 Å². The third-order valence-electron chi connectivity index (χ3n) is 10.4. The molecule has 0 saturated carbocycles. The fraction of sp³-hybridized carbons (Fsp3) is 0.0417. The molecule has 0 aliphatic carbocycles. The molecule has 0 amide bonds. The summed E-state index contributed by atoms with van der Waals surface area (Å²) in [5.41, 5.74) is 12.1. The summed E-state index contributed by atoms with van der Waals surface area (Å²) < 4.78 is 0. The van der Waals surface area contributed by atoms with Crippen molar-refractivity contribution >= 4 is 63.3 Å². The molecule has 0 unspecified atom stereocenters. The molecule has 0 bridgehead atoms. The summed E-state index contributed by atoms with van der Waals surface area (Å²) >= 11 is 0. The van der Waals surface area contributed by atoms with Crippen LogP contribution in [0.5, 0.6) is 0 Å². The molecular weight excluding hydrogens is 633 g/mol. The fourth-order valence-electron chi connectivity index (χ4n) is 8.02. The summed E-state index contributed by atoms with van der Waals surface area (Å²) in [4.78, 5) is 4.84. The van der Waals surface area contributed by atoms with E-state index in [0.717, 1.165) is 17.1 Å². The van der Waals surface area contributed by atoms with E-state index in [1.54, 1.807) is 0 Å². The molecule has 0 aromatic heterocycles. The molecule has 8 aromatic rings. The van der Waals surface area contributed by atoms with Crippen LogP contribution in [0.25, 0.3) is 33.0 Å². The summed E-state index contributed by atoms with van der Waals surface area (Å²) in [6.45, 7) is 5.05. The van der Waals surface area contributed by atoms with E-state index >= 15 is 0 Å². The van der Waals surface area contributed by atoms with Gasteiger partial charge in [0.25, 0.3) is 0 Å². The lowest BCUT2D eigenvalue weighted by atomic mass is 9.95. The van der Waals surface area contributed by atoms with Crippen LogP contribution in [-0.2, 0) is 0 Å². The quantitative estimate of drug-likeness (QED) is 0.156. The lowest BCUT2D eigenvalue weighted by Gasteiger charge is -2.36. The predicted molar refractivity (Wildman–Crippen MR) is 221 cm³/mol. The molecule has 0 atom stereocenters. The highest BCUT2D eigenvalue weighted by Gasteiger charge is 2.37. The molecule has 51 heavy (non-hydrogen) atoms.